The highest BCUT2D eigenvalue weighted by atomic mass is 19.1. The first-order chi connectivity index (χ1) is 19.4. The molecule has 0 N–H and O–H groups in total. The Labute approximate surface area is 232 Å². The molecule has 2 aromatic carbocycles. The van der Waals surface area contributed by atoms with Crippen LogP contribution in [0.15, 0.2) is 66.9 Å². The molecule has 0 unspecified atom stereocenters. The number of nitrogens with zero attached hydrogens (tertiary/aromatic N) is 5. The zero-order valence-electron chi connectivity index (χ0n) is 22.1. The van der Waals surface area contributed by atoms with Crippen LogP contribution in [0.3, 0.4) is 0 Å². The standard InChI is InChI=1S/C31H30FN5O3/c32-27-8-5-24(6-9-27)20-36-13-14-37(21-30(36)39)31(40)26-7-10-28(34-17-26)29(38)15-25-11-12-35(19-25)18-23-3-1-22(16-33)2-4-23/h1-10,17,25H,11-15,18-21H2/t25-/m1/s1. The Bertz CT molecular complexity index is 1420. The third-order valence-corrected chi connectivity index (χ3v) is 7.52. The van der Waals surface area contributed by atoms with Gasteiger partial charge in [-0.1, -0.05) is 24.3 Å². The number of nitriles is 1. The molecule has 5 rings (SSSR count). The van der Waals surface area contributed by atoms with E-state index in [2.05, 4.69) is 16.0 Å². The maximum atomic E-state index is 13.1. The predicted octanol–water partition coefficient (Wildman–Crippen LogP) is 3.67. The summed E-state index contributed by atoms with van der Waals surface area (Å²) in [4.78, 5) is 48.3. The van der Waals surface area contributed by atoms with Crippen LogP contribution in [0.1, 0.15) is 50.4 Å². The Morgan fingerprint density at radius 2 is 1.68 bits per heavy atom. The average Bonchev–Trinajstić information content (AvgIpc) is 3.41. The molecular formula is C31H30FN5O3. The largest absolute Gasteiger partial charge is 0.335 e. The number of pyridine rings is 1. The number of amides is 2. The molecule has 2 fully saturated rings. The molecule has 0 radical (unpaired) electrons. The fourth-order valence-electron chi connectivity index (χ4n) is 5.26. The zero-order chi connectivity index (χ0) is 28.1. The first kappa shape index (κ1) is 27.2. The van der Waals surface area contributed by atoms with Gasteiger partial charge in [0.25, 0.3) is 5.91 Å². The van der Waals surface area contributed by atoms with Crippen molar-refractivity contribution in [2.45, 2.75) is 25.9 Å². The van der Waals surface area contributed by atoms with E-state index >= 15 is 0 Å². The molecule has 3 heterocycles. The van der Waals surface area contributed by atoms with Gasteiger partial charge in [0.15, 0.2) is 5.78 Å². The molecule has 9 heteroatoms. The number of carbonyl (C=O) groups is 3. The van der Waals surface area contributed by atoms with E-state index in [1.165, 1.54) is 23.2 Å². The lowest BCUT2D eigenvalue weighted by atomic mass is 10.00. The van der Waals surface area contributed by atoms with Crippen LogP contribution in [0.25, 0.3) is 0 Å². The van der Waals surface area contributed by atoms with Crippen molar-refractivity contribution in [3.63, 3.8) is 0 Å². The molecule has 40 heavy (non-hydrogen) atoms. The quantitative estimate of drug-likeness (QED) is 0.405. The van der Waals surface area contributed by atoms with Gasteiger partial charge in [-0.2, -0.15) is 5.26 Å². The van der Waals surface area contributed by atoms with Gasteiger partial charge in [-0.15, -0.1) is 0 Å². The van der Waals surface area contributed by atoms with Gasteiger partial charge >= 0.3 is 0 Å². The highest BCUT2D eigenvalue weighted by molar-refractivity contribution is 5.98. The van der Waals surface area contributed by atoms with Crippen molar-refractivity contribution < 1.29 is 18.8 Å². The Kier molecular flexibility index (Phi) is 8.27. The third kappa shape index (κ3) is 6.58. The molecule has 2 aliphatic rings. The number of rotatable bonds is 8. The second-order valence-electron chi connectivity index (χ2n) is 10.4. The Morgan fingerprint density at radius 3 is 2.35 bits per heavy atom. The molecule has 1 atom stereocenters. The van der Waals surface area contributed by atoms with Crippen LogP contribution in [-0.2, 0) is 17.9 Å². The molecule has 0 aliphatic carbocycles. The van der Waals surface area contributed by atoms with Gasteiger partial charge in [-0.25, -0.2) is 4.39 Å². The summed E-state index contributed by atoms with van der Waals surface area (Å²) in [6, 6.07) is 18.9. The summed E-state index contributed by atoms with van der Waals surface area (Å²) < 4.78 is 13.1. The number of aromatic nitrogens is 1. The number of benzene rings is 2. The van der Waals surface area contributed by atoms with E-state index < -0.39 is 0 Å². The second kappa shape index (κ2) is 12.2. The number of Topliss-reactive ketones (excluding diaryl/α,β-unsaturated/α-hetero) is 1. The SMILES string of the molecule is N#Cc1ccc(CN2CC[C@H](CC(=O)c3ccc(C(=O)N4CCN(Cc5ccc(F)cc5)C(=O)C4)cn3)C2)cc1. The Balaban J connectivity index is 1.10. The maximum Gasteiger partial charge on any atom is 0.255 e. The topological polar surface area (TPSA) is 97.6 Å². The fourth-order valence-corrected chi connectivity index (χ4v) is 5.26. The lowest BCUT2D eigenvalue weighted by Gasteiger charge is -2.34. The van der Waals surface area contributed by atoms with Crippen molar-refractivity contribution in [1.29, 1.82) is 5.26 Å². The van der Waals surface area contributed by atoms with Crippen LogP contribution < -0.4 is 0 Å². The van der Waals surface area contributed by atoms with E-state index in [0.717, 1.165) is 37.2 Å². The summed E-state index contributed by atoms with van der Waals surface area (Å²) in [5.41, 5.74) is 3.29. The normalized spacial score (nSPS) is 17.6. The summed E-state index contributed by atoms with van der Waals surface area (Å²) in [5, 5.41) is 8.96. The van der Waals surface area contributed by atoms with E-state index in [0.29, 0.717) is 42.9 Å². The summed E-state index contributed by atoms with van der Waals surface area (Å²) in [6.45, 7) is 3.62. The first-order valence-corrected chi connectivity index (χ1v) is 13.4. The van der Waals surface area contributed by atoms with E-state index in [-0.39, 0.29) is 35.9 Å². The molecule has 8 nitrogen and oxygen atoms in total. The van der Waals surface area contributed by atoms with E-state index in [4.69, 9.17) is 5.26 Å². The number of ketones is 1. The molecule has 0 bridgehead atoms. The van der Waals surface area contributed by atoms with Crippen LogP contribution >= 0.6 is 0 Å². The molecule has 1 aromatic heterocycles. The number of halogens is 1. The predicted molar refractivity (Wildman–Crippen MR) is 145 cm³/mol. The lowest BCUT2D eigenvalue weighted by Crippen LogP contribution is -2.51. The summed E-state index contributed by atoms with van der Waals surface area (Å²) in [7, 11) is 0. The summed E-state index contributed by atoms with van der Waals surface area (Å²) in [5.74, 6) is -0.600. The maximum absolute atomic E-state index is 13.1. The fraction of sp³-hybridized carbons (Fsp3) is 0.323. The van der Waals surface area contributed by atoms with Gasteiger partial charge < -0.3 is 9.80 Å². The van der Waals surface area contributed by atoms with Crippen LogP contribution in [0, 0.1) is 23.1 Å². The minimum absolute atomic E-state index is 0.0403. The minimum atomic E-state index is -0.326. The van der Waals surface area contributed by atoms with Crippen molar-refractivity contribution in [2.24, 2.45) is 5.92 Å². The molecular weight excluding hydrogens is 509 g/mol. The first-order valence-electron chi connectivity index (χ1n) is 13.4. The number of hydrogen-bond donors (Lipinski definition) is 0. The van der Waals surface area contributed by atoms with Gasteiger partial charge in [-0.3, -0.25) is 24.3 Å². The van der Waals surface area contributed by atoms with E-state index in [1.807, 2.05) is 24.3 Å². The van der Waals surface area contributed by atoms with Crippen LogP contribution in [0.5, 0.6) is 0 Å². The minimum Gasteiger partial charge on any atom is -0.335 e. The molecule has 2 aliphatic heterocycles. The number of carbonyl (C=O) groups excluding carboxylic acids is 3. The van der Waals surface area contributed by atoms with Crippen molar-refractivity contribution in [1.82, 2.24) is 19.7 Å². The third-order valence-electron chi connectivity index (χ3n) is 7.52. The van der Waals surface area contributed by atoms with Gasteiger partial charge in [0.2, 0.25) is 5.91 Å². The van der Waals surface area contributed by atoms with Gasteiger partial charge in [0, 0.05) is 45.3 Å². The Morgan fingerprint density at radius 1 is 0.950 bits per heavy atom. The molecule has 2 saturated heterocycles. The van der Waals surface area contributed by atoms with Crippen molar-refractivity contribution in [3.8, 4) is 6.07 Å². The van der Waals surface area contributed by atoms with E-state index in [9.17, 15) is 18.8 Å². The van der Waals surface area contributed by atoms with Crippen LogP contribution in [0.4, 0.5) is 4.39 Å². The van der Waals surface area contributed by atoms with Gasteiger partial charge in [0.05, 0.1) is 17.2 Å². The smallest absolute Gasteiger partial charge is 0.255 e. The van der Waals surface area contributed by atoms with Crippen molar-refractivity contribution in [3.05, 3.63) is 101 Å². The summed E-state index contributed by atoms with van der Waals surface area (Å²) >= 11 is 0. The zero-order valence-corrected chi connectivity index (χ0v) is 22.1. The van der Waals surface area contributed by atoms with Crippen molar-refractivity contribution in [2.75, 3.05) is 32.7 Å². The van der Waals surface area contributed by atoms with E-state index in [1.54, 1.807) is 29.2 Å². The molecule has 204 valence electrons. The molecule has 0 spiro atoms. The monoisotopic (exact) mass is 539 g/mol. The van der Waals surface area contributed by atoms with Gasteiger partial charge in [0.1, 0.15) is 18.1 Å². The molecule has 2 amide bonds. The second-order valence-corrected chi connectivity index (χ2v) is 10.4. The highest BCUT2D eigenvalue weighted by Crippen LogP contribution is 2.23. The lowest BCUT2D eigenvalue weighted by molar-refractivity contribution is -0.135. The number of hydrogen-bond acceptors (Lipinski definition) is 6. The Hall–Kier alpha value is -4.42. The van der Waals surface area contributed by atoms with Crippen molar-refractivity contribution >= 4 is 17.6 Å². The summed E-state index contributed by atoms with van der Waals surface area (Å²) in [6.07, 6.45) is 2.74. The van der Waals surface area contributed by atoms with Crippen LogP contribution in [0.2, 0.25) is 0 Å². The van der Waals surface area contributed by atoms with Gasteiger partial charge in [-0.05, 0) is 66.4 Å². The molecule has 3 aromatic rings. The number of likely N-dealkylation sites (tertiary alicyclic amines) is 1. The molecule has 0 saturated carbocycles. The van der Waals surface area contributed by atoms with Crippen LogP contribution in [-0.4, -0.2) is 70.0 Å². The average molecular weight is 540 g/mol. The number of piperazine rings is 1. The highest BCUT2D eigenvalue weighted by Gasteiger charge is 2.29.